The highest BCUT2D eigenvalue weighted by atomic mass is 16.4. The first-order chi connectivity index (χ1) is 7.68. The molecule has 0 aromatic carbocycles. The summed E-state index contributed by atoms with van der Waals surface area (Å²) in [6.07, 6.45) is 6.76. The van der Waals surface area contributed by atoms with Gasteiger partial charge in [-0.05, 0) is 13.0 Å². The van der Waals surface area contributed by atoms with Crippen LogP contribution in [0.2, 0.25) is 0 Å². The molecule has 1 unspecified atom stereocenters. The van der Waals surface area contributed by atoms with Gasteiger partial charge >= 0.3 is 7.12 Å². The molecule has 2 aromatic rings. The van der Waals surface area contributed by atoms with Crippen molar-refractivity contribution in [2.75, 3.05) is 0 Å². The van der Waals surface area contributed by atoms with Crippen molar-refractivity contribution in [1.29, 1.82) is 0 Å². The predicted octanol–water partition coefficient (Wildman–Crippen LogP) is -0.433. The van der Waals surface area contributed by atoms with E-state index in [0.29, 0.717) is 5.46 Å². The quantitative estimate of drug-likeness (QED) is 0.684. The van der Waals surface area contributed by atoms with Gasteiger partial charge in [-0.3, -0.25) is 4.98 Å². The second-order valence-electron chi connectivity index (χ2n) is 3.58. The Hall–Kier alpha value is -1.66. The number of hydrogen-bond donors (Lipinski definition) is 2. The lowest BCUT2D eigenvalue weighted by molar-refractivity contribution is 0.425. The van der Waals surface area contributed by atoms with Crippen molar-refractivity contribution in [3.8, 4) is 0 Å². The number of hydrogen-bond acceptors (Lipinski definition) is 4. The summed E-state index contributed by atoms with van der Waals surface area (Å²) in [5.74, 6) is 0. The SMILES string of the molecule is CC(c1ccc(B(O)O)cn1)n1ccnc1. The third kappa shape index (κ3) is 2.12. The predicted molar refractivity (Wildman–Crippen MR) is 60.1 cm³/mol. The van der Waals surface area contributed by atoms with Crippen molar-refractivity contribution >= 4 is 12.6 Å². The smallest absolute Gasteiger partial charge is 0.423 e. The minimum absolute atomic E-state index is 0.0763. The van der Waals surface area contributed by atoms with E-state index in [4.69, 9.17) is 10.0 Å². The van der Waals surface area contributed by atoms with E-state index >= 15 is 0 Å². The topological polar surface area (TPSA) is 71.2 Å². The molecule has 0 amide bonds. The molecule has 2 aromatic heterocycles. The van der Waals surface area contributed by atoms with Gasteiger partial charge in [-0.2, -0.15) is 0 Å². The first-order valence-corrected chi connectivity index (χ1v) is 4.98. The highest BCUT2D eigenvalue weighted by Gasteiger charge is 2.13. The largest absolute Gasteiger partial charge is 0.490 e. The van der Waals surface area contributed by atoms with Gasteiger partial charge in [-0.25, -0.2) is 4.98 Å². The van der Waals surface area contributed by atoms with Crippen LogP contribution in [0.5, 0.6) is 0 Å². The van der Waals surface area contributed by atoms with Crippen LogP contribution in [0, 0.1) is 0 Å². The summed E-state index contributed by atoms with van der Waals surface area (Å²) in [7, 11) is -1.47. The molecule has 0 aliphatic carbocycles. The van der Waals surface area contributed by atoms with Crippen molar-refractivity contribution in [3.63, 3.8) is 0 Å². The van der Waals surface area contributed by atoms with E-state index in [1.165, 1.54) is 6.20 Å². The molecule has 0 radical (unpaired) electrons. The van der Waals surface area contributed by atoms with Gasteiger partial charge in [0.15, 0.2) is 0 Å². The van der Waals surface area contributed by atoms with Crippen LogP contribution in [-0.2, 0) is 0 Å². The summed E-state index contributed by atoms with van der Waals surface area (Å²) in [4.78, 5) is 8.16. The van der Waals surface area contributed by atoms with Gasteiger partial charge in [0.2, 0.25) is 0 Å². The summed E-state index contributed by atoms with van der Waals surface area (Å²) in [5, 5.41) is 17.9. The van der Waals surface area contributed by atoms with E-state index in [-0.39, 0.29) is 6.04 Å². The van der Waals surface area contributed by atoms with Gasteiger partial charge in [0.1, 0.15) is 0 Å². The Morgan fingerprint density at radius 1 is 1.38 bits per heavy atom. The molecule has 2 heterocycles. The maximum absolute atomic E-state index is 8.94. The fourth-order valence-electron chi connectivity index (χ4n) is 1.47. The number of rotatable bonds is 3. The molecule has 2 rings (SSSR count). The minimum Gasteiger partial charge on any atom is -0.423 e. The number of imidazole rings is 1. The van der Waals surface area contributed by atoms with Crippen LogP contribution >= 0.6 is 0 Å². The van der Waals surface area contributed by atoms with E-state index in [1.54, 1.807) is 24.7 Å². The Balaban J connectivity index is 2.22. The van der Waals surface area contributed by atoms with Crippen LogP contribution in [0.1, 0.15) is 18.7 Å². The Morgan fingerprint density at radius 2 is 2.19 bits per heavy atom. The van der Waals surface area contributed by atoms with Gasteiger partial charge in [-0.15, -0.1) is 0 Å². The monoisotopic (exact) mass is 217 g/mol. The van der Waals surface area contributed by atoms with Crippen LogP contribution in [0.25, 0.3) is 0 Å². The fraction of sp³-hybridized carbons (Fsp3) is 0.200. The standard InChI is InChI=1S/C10H12BN3O2/c1-8(14-5-4-12-7-14)10-3-2-9(6-13-10)11(15)16/h2-8,15-16H,1H3. The molecule has 0 fully saturated rings. The third-order valence-corrected chi connectivity index (χ3v) is 2.51. The molecule has 6 heteroatoms. The molecule has 2 N–H and O–H groups in total. The van der Waals surface area contributed by atoms with Crippen molar-refractivity contribution < 1.29 is 10.0 Å². The van der Waals surface area contributed by atoms with E-state index in [0.717, 1.165) is 5.69 Å². The zero-order valence-electron chi connectivity index (χ0n) is 8.85. The average Bonchev–Trinajstić information content (AvgIpc) is 2.81. The Morgan fingerprint density at radius 3 is 2.69 bits per heavy atom. The summed E-state index contributed by atoms with van der Waals surface area (Å²) < 4.78 is 1.93. The molecule has 0 aliphatic rings. The van der Waals surface area contributed by atoms with E-state index in [1.807, 2.05) is 17.7 Å². The van der Waals surface area contributed by atoms with Crippen LogP contribution in [0.3, 0.4) is 0 Å². The van der Waals surface area contributed by atoms with Crippen LogP contribution in [0.4, 0.5) is 0 Å². The molecule has 16 heavy (non-hydrogen) atoms. The van der Waals surface area contributed by atoms with Gasteiger partial charge < -0.3 is 14.6 Å². The maximum Gasteiger partial charge on any atom is 0.490 e. The van der Waals surface area contributed by atoms with Gasteiger partial charge in [-0.1, -0.05) is 6.07 Å². The summed E-state index contributed by atoms with van der Waals surface area (Å²) >= 11 is 0. The molecular weight excluding hydrogens is 205 g/mol. The van der Waals surface area contributed by atoms with Crippen molar-refractivity contribution in [2.24, 2.45) is 0 Å². The molecular formula is C10H12BN3O2. The molecule has 0 saturated heterocycles. The second-order valence-corrected chi connectivity index (χ2v) is 3.58. The van der Waals surface area contributed by atoms with Crippen molar-refractivity contribution in [2.45, 2.75) is 13.0 Å². The highest BCUT2D eigenvalue weighted by Crippen LogP contribution is 2.13. The van der Waals surface area contributed by atoms with E-state index in [2.05, 4.69) is 9.97 Å². The number of nitrogens with zero attached hydrogens (tertiary/aromatic N) is 3. The van der Waals surface area contributed by atoms with Crippen LogP contribution in [-0.4, -0.2) is 31.7 Å². The van der Waals surface area contributed by atoms with E-state index < -0.39 is 7.12 Å². The van der Waals surface area contributed by atoms with E-state index in [9.17, 15) is 0 Å². The normalized spacial score (nSPS) is 12.4. The molecule has 0 aliphatic heterocycles. The van der Waals surface area contributed by atoms with Gasteiger partial charge in [0.25, 0.3) is 0 Å². The van der Waals surface area contributed by atoms with Gasteiger partial charge in [0.05, 0.1) is 18.1 Å². The fourth-order valence-corrected chi connectivity index (χ4v) is 1.47. The highest BCUT2D eigenvalue weighted by molar-refractivity contribution is 6.58. The van der Waals surface area contributed by atoms with Gasteiger partial charge in [0, 0.05) is 24.1 Å². The molecule has 0 bridgehead atoms. The van der Waals surface area contributed by atoms with Crippen molar-refractivity contribution in [1.82, 2.24) is 14.5 Å². The first kappa shape index (κ1) is 10.8. The minimum atomic E-state index is -1.47. The summed E-state index contributed by atoms with van der Waals surface area (Å²) in [6.45, 7) is 2.00. The second kappa shape index (κ2) is 4.46. The first-order valence-electron chi connectivity index (χ1n) is 4.98. The maximum atomic E-state index is 8.94. The number of pyridine rings is 1. The summed E-state index contributed by atoms with van der Waals surface area (Å²) in [6, 6.07) is 3.51. The molecule has 82 valence electrons. The lowest BCUT2D eigenvalue weighted by Gasteiger charge is -2.12. The lowest BCUT2D eigenvalue weighted by Crippen LogP contribution is -2.30. The molecule has 5 nitrogen and oxygen atoms in total. The lowest BCUT2D eigenvalue weighted by atomic mass is 9.81. The molecule has 0 saturated carbocycles. The third-order valence-electron chi connectivity index (χ3n) is 2.51. The number of aromatic nitrogens is 3. The molecule has 1 atom stereocenters. The van der Waals surface area contributed by atoms with Crippen LogP contribution < -0.4 is 5.46 Å². The van der Waals surface area contributed by atoms with Crippen molar-refractivity contribution in [3.05, 3.63) is 42.7 Å². The zero-order chi connectivity index (χ0) is 11.5. The Bertz CT molecular complexity index is 442. The average molecular weight is 217 g/mol. The zero-order valence-corrected chi connectivity index (χ0v) is 8.85. The molecule has 0 spiro atoms. The Labute approximate surface area is 93.6 Å². The van der Waals surface area contributed by atoms with Crippen LogP contribution in [0.15, 0.2) is 37.1 Å². The Kier molecular flexibility index (Phi) is 3.03. The summed E-state index contributed by atoms with van der Waals surface area (Å²) in [5.41, 5.74) is 1.24.